The number of nitrogens with one attached hydrogen (secondary N) is 1. The molecule has 2 aromatic rings. The number of hydrogen-bond acceptors (Lipinski definition) is 4. The van der Waals surface area contributed by atoms with Gasteiger partial charge in [-0.05, 0) is 18.6 Å². The molecule has 0 saturated carbocycles. The Morgan fingerprint density at radius 3 is 2.95 bits per heavy atom. The lowest BCUT2D eigenvalue weighted by molar-refractivity contribution is 0.133. The van der Waals surface area contributed by atoms with Gasteiger partial charge in [-0.3, -0.25) is 4.79 Å². The van der Waals surface area contributed by atoms with E-state index in [0.29, 0.717) is 13.2 Å². The van der Waals surface area contributed by atoms with Crippen LogP contribution in [0.25, 0.3) is 11.0 Å². The first kappa shape index (κ1) is 15.7. The van der Waals surface area contributed by atoms with E-state index in [-0.39, 0.29) is 5.56 Å². The zero-order valence-electron chi connectivity index (χ0n) is 12.5. The Kier molecular flexibility index (Phi) is 6.37. The van der Waals surface area contributed by atoms with Crippen LogP contribution in [0, 0.1) is 0 Å². The summed E-state index contributed by atoms with van der Waals surface area (Å²) in [6.07, 6.45) is 3.65. The summed E-state index contributed by atoms with van der Waals surface area (Å²) in [5.74, 6) is 0. The second-order valence-electron chi connectivity index (χ2n) is 4.95. The molecule has 1 aromatic heterocycles. The highest BCUT2D eigenvalue weighted by Crippen LogP contribution is 2.07. The maximum absolute atomic E-state index is 11.9. The summed E-state index contributed by atoms with van der Waals surface area (Å²) in [5, 5.41) is 3.30. The van der Waals surface area contributed by atoms with Gasteiger partial charge in [0.15, 0.2) is 0 Å². The quantitative estimate of drug-likeness (QED) is 0.715. The fourth-order valence-corrected chi connectivity index (χ4v) is 2.15. The molecule has 0 fully saturated rings. The average Bonchev–Trinajstić information content (AvgIpc) is 2.51. The first-order valence-electron chi connectivity index (χ1n) is 7.56. The fraction of sp³-hybridized carbons (Fsp3) is 0.500. The molecular formula is C16H23N3O2. The van der Waals surface area contributed by atoms with Crippen LogP contribution in [0.5, 0.6) is 0 Å². The molecule has 0 unspecified atom stereocenters. The molecule has 0 atom stereocenters. The van der Waals surface area contributed by atoms with E-state index in [4.69, 9.17) is 4.74 Å². The highest BCUT2D eigenvalue weighted by atomic mass is 16.5. The number of aromatic nitrogens is 2. The largest absolute Gasteiger partial charge is 0.380 e. The molecule has 0 bridgehead atoms. The van der Waals surface area contributed by atoms with Crippen molar-refractivity contribution in [2.45, 2.75) is 26.3 Å². The van der Waals surface area contributed by atoms with E-state index in [1.54, 1.807) is 4.57 Å². The highest BCUT2D eigenvalue weighted by molar-refractivity contribution is 5.74. The smallest absolute Gasteiger partial charge is 0.269 e. The molecule has 0 aliphatic carbocycles. The van der Waals surface area contributed by atoms with Crippen molar-refractivity contribution in [2.75, 3.05) is 26.3 Å². The third kappa shape index (κ3) is 4.65. The molecule has 0 amide bonds. The molecular weight excluding hydrogens is 266 g/mol. The summed E-state index contributed by atoms with van der Waals surface area (Å²) in [6.45, 7) is 5.88. The lowest BCUT2D eigenvalue weighted by Crippen LogP contribution is -2.29. The Bertz CT molecular complexity index is 610. The zero-order valence-corrected chi connectivity index (χ0v) is 12.5. The van der Waals surface area contributed by atoms with Gasteiger partial charge in [-0.15, -0.1) is 0 Å². The topological polar surface area (TPSA) is 56.1 Å². The fourth-order valence-electron chi connectivity index (χ4n) is 2.15. The van der Waals surface area contributed by atoms with Gasteiger partial charge >= 0.3 is 0 Å². The van der Waals surface area contributed by atoms with Crippen LogP contribution < -0.4 is 10.9 Å². The van der Waals surface area contributed by atoms with E-state index >= 15 is 0 Å². The van der Waals surface area contributed by atoms with Gasteiger partial charge in [0, 0.05) is 26.2 Å². The molecule has 1 heterocycles. The van der Waals surface area contributed by atoms with Crippen LogP contribution in [0.15, 0.2) is 35.3 Å². The van der Waals surface area contributed by atoms with Crippen LogP contribution in [0.1, 0.15) is 19.8 Å². The van der Waals surface area contributed by atoms with Crippen molar-refractivity contribution in [1.29, 1.82) is 0 Å². The molecule has 114 valence electrons. The molecule has 0 aliphatic rings. The number of hydrogen-bond donors (Lipinski definition) is 1. The molecule has 0 spiro atoms. The second kappa shape index (κ2) is 8.54. The van der Waals surface area contributed by atoms with E-state index in [0.717, 1.165) is 43.6 Å². The Balaban J connectivity index is 1.81. The molecule has 1 N–H and O–H groups in total. The van der Waals surface area contributed by atoms with Crippen molar-refractivity contribution in [3.8, 4) is 0 Å². The van der Waals surface area contributed by atoms with Crippen LogP contribution in [0.3, 0.4) is 0 Å². The average molecular weight is 289 g/mol. The molecule has 2 rings (SSSR count). The van der Waals surface area contributed by atoms with Crippen molar-refractivity contribution in [3.63, 3.8) is 0 Å². The lowest BCUT2D eigenvalue weighted by atomic mass is 10.3. The van der Waals surface area contributed by atoms with Crippen LogP contribution in [-0.2, 0) is 11.3 Å². The van der Waals surface area contributed by atoms with Crippen molar-refractivity contribution >= 4 is 11.0 Å². The maximum Gasteiger partial charge on any atom is 0.269 e. The van der Waals surface area contributed by atoms with Crippen molar-refractivity contribution in [3.05, 3.63) is 40.8 Å². The van der Waals surface area contributed by atoms with Gasteiger partial charge < -0.3 is 14.6 Å². The van der Waals surface area contributed by atoms with Gasteiger partial charge in [-0.25, -0.2) is 4.98 Å². The van der Waals surface area contributed by atoms with Crippen LogP contribution in [0.2, 0.25) is 0 Å². The number of nitrogens with zero attached hydrogens (tertiary/aromatic N) is 2. The predicted molar refractivity (Wildman–Crippen MR) is 84.6 cm³/mol. The Morgan fingerprint density at radius 2 is 2.10 bits per heavy atom. The van der Waals surface area contributed by atoms with Crippen LogP contribution >= 0.6 is 0 Å². The highest BCUT2D eigenvalue weighted by Gasteiger charge is 2.02. The van der Waals surface area contributed by atoms with Crippen molar-refractivity contribution in [1.82, 2.24) is 14.9 Å². The van der Waals surface area contributed by atoms with Crippen LogP contribution in [-0.4, -0.2) is 35.9 Å². The number of rotatable bonds is 9. The Morgan fingerprint density at radius 1 is 1.24 bits per heavy atom. The molecule has 0 aliphatic heterocycles. The standard InChI is InChI=1S/C16H23N3O2/c1-2-3-11-21-12-9-17-8-10-19-15-7-5-4-6-14(15)18-13-16(19)20/h4-7,13,17H,2-3,8-12H2,1H3. The van der Waals surface area contributed by atoms with E-state index in [1.807, 2.05) is 24.3 Å². The van der Waals surface area contributed by atoms with E-state index in [9.17, 15) is 4.79 Å². The SMILES string of the molecule is CCCCOCCNCCn1c(=O)cnc2ccccc21. The number of ether oxygens (including phenoxy) is 1. The molecule has 5 nitrogen and oxygen atoms in total. The summed E-state index contributed by atoms with van der Waals surface area (Å²) < 4.78 is 7.24. The predicted octanol–water partition coefficient (Wildman–Crippen LogP) is 1.80. The second-order valence-corrected chi connectivity index (χ2v) is 4.95. The Labute approximate surface area is 125 Å². The van der Waals surface area contributed by atoms with E-state index in [1.165, 1.54) is 6.20 Å². The van der Waals surface area contributed by atoms with E-state index < -0.39 is 0 Å². The van der Waals surface area contributed by atoms with E-state index in [2.05, 4.69) is 17.2 Å². The first-order chi connectivity index (χ1) is 10.3. The number of benzene rings is 1. The van der Waals surface area contributed by atoms with Gasteiger partial charge in [-0.2, -0.15) is 0 Å². The summed E-state index contributed by atoms with van der Waals surface area (Å²) in [5.41, 5.74) is 1.67. The Hall–Kier alpha value is -1.72. The van der Waals surface area contributed by atoms with Crippen molar-refractivity contribution in [2.24, 2.45) is 0 Å². The van der Waals surface area contributed by atoms with Gasteiger partial charge in [0.05, 0.1) is 23.8 Å². The normalized spacial score (nSPS) is 11.1. The van der Waals surface area contributed by atoms with Crippen LogP contribution in [0.4, 0.5) is 0 Å². The van der Waals surface area contributed by atoms with Crippen molar-refractivity contribution < 1.29 is 4.74 Å². The number of unbranched alkanes of at least 4 members (excludes halogenated alkanes) is 1. The molecule has 0 radical (unpaired) electrons. The summed E-state index contributed by atoms with van der Waals surface area (Å²) in [4.78, 5) is 16.1. The minimum absolute atomic E-state index is 0.0605. The monoisotopic (exact) mass is 289 g/mol. The summed E-state index contributed by atoms with van der Waals surface area (Å²) in [6, 6.07) is 7.70. The third-order valence-electron chi connectivity index (χ3n) is 3.33. The minimum atomic E-state index is -0.0605. The lowest BCUT2D eigenvalue weighted by Gasteiger charge is -2.10. The van der Waals surface area contributed by atoms with Gasteiger partial charge in [-0.1, -0.05) is 25.5 Å². The summed E-state index contributed by atoms with van der Waals surface area (Å²) >= 11 is 0. The van der Waals surface area contributed by atoms with Gasteiger partial charge in [0.2, 0.25) is 0 Å². The van der Waals surface area contributed by atoms with Gasteiger partial charge in [0.1, 0.15) is 0 Å². The zero-order chi connectivity index (χ0) is 14.9. The number of fused-ring (bicyclic) bond motifs is 1. The van der Waals surface area contributed by atoms with Gasteiger partial charge in [0.25, 0.3) is 5.56 Å². The maximum atomic E-state index is 11.9. The first-order valence-corrected chi connectivity index (χ1v) is 7.56. The molecule has 1 aromatic carbocycles. The summed E-state index contributed by atoms with van der Waals surface area (Å²) in [7, 11) is 0. The third-order valence-corrected chi connectivity index (χ3v) is 3.33. The molecule has 21 heavy (non-hydrogen) atoms. The number of para-hydroxylation sites is 2. The minimum Gasteiger partial charge on any atom is -0.380 e. The molecule has 5 heteroatoms. The molecule has 0 saturated heterocycles.